The molecular weight excluding hydrogens is 210 g/mol. The first-order chi connectivity index (χ1) is 8.14. The summed E-state index contributed by atoms with van der Waals surface area (Å²) in [5.74, 6) is 1.32. The van der Waals surface area contributed by atoms with E-state index in [1.54, 1.807) is 0 Å². The Morgan fingerprint density at radius 2 is 2.06 bits per heavy atom. The van der Waals surface area contributed by atoms with Gasteiger partial charge in [-0.1, -0.05) is 13.3 Å². The number of nitrogens with two attached hydrogens (primary N) is 1. The van der Waals surface area contributed by atoms with E-state index >= 15 is 0 Å². The molecule has 2 rings (SSSR count). The number of likely N-dealkylation sites (tertiary alicyclic amines) is 1. The second-order valence-electron chi connectivity index (χ2n) is 6.05. The summed E-state index contributed by atoms with van der Waals surface area (Å²) in [4.78, 5) is 2.55. The van der Waals surface area contributed by atoms with Crippen molar-refractivity contribution in [1.29, 1.82) is 5.26 Å². The minimum absolute atomic E-state index is 0.423. The van der Waals surface area contributed by atoms with Gasteiger partial charge in [-0.05, 0) is 63.6 Å². The second kappa shape index (κ2) is 5.37. The lowest BCUT2D eigenvalue weighted by atomic mass is 9.86. The summed E-state index contributed by atoms with van der Waals surface area (Å²) < 4.78 is 0. The normalized spacial score (nSPS) is 35.9. The summed E-state index contributed by atoms with van der Waals surface area (Å²) in [6, 6.07) is 2.34. The van der Waals surface area contributed by atoms with Crippen LogP contribution in [0.5, 0.6) is 0 Å². The van der Waals surface area contributed by atoms with Crippen LogP contribution in [0.25, 0.3) is 0 Å². The predicted molar refractivity (Wildman–Crippen MR) is 69.3 cm³/mol. The van der Waals surface area contributed by atoms with Gasteiger partial charge in [0, 0.05) is 0 Å². The molecule has 17 heavy (non-hydrogen) atoms. The van der Waals surface area contributed by atoms with E-state index in [9.17, 15) is 5.26 Å². The Morgan fingerprint density at radius 3 is 2.71 bits per heavy atom. The van der Waals surface area contributed by atoms with Gasteiger partial charge in [-0.3, -0.25) is 0 Å². The van der Waals surface area contributed by atoms with Crippen LogP contribution in [0.1, 0.15) is 45.4 Å². The topological polar surface area (TPSA) is 53.0 Å². The number of piperidine rings is 1. The number of hydrogen-bond donors (Lipinski definition) is 1. The quantitative estimate of drug-likeness (QED) is 0.815. The molecule has 0 spiro atoms. The molecule has 96 valence electrons. The molecule has 0 amide bonds. The van der Waals surface area contributed by atoms with E-state index in [0.717, 1.165) is 38.1 Å². The van der Waals surface area contributed by atoms with Crippen molar-refractivity contribution < 1.29 is 0 Å². The molecule has 2 aliphatic rings. The van der Waals surface area contributed by atoms with Crippen LogP contribution in [-0.4, -0.2) is 30.1 Å². The SMILES string of the molecule is CC1CCN(CCC2CCCC2(N)C#N)CC1. The molecule has 0 aromatic heterocycles. The molecule has 1 aliphatic heterocycles. The Morgan fingerprint density at radius 1 is 1.35 bits per heavy atom. The summed E-state index contributed by atoms with van der Waals surface area (Å²) in [5, 5.41) is 9.18. The molecule has 0 radical (unpaired) electrons. The highest BCUT2D eigenvalue weighted by atomic mass is 15.1. The molecule has 2 N–H and O–H groups in total. The molecule has 2 unspecified atom stereocenters. The summed E-state index contributed by atoms with van der Waals surface area (Å²) in [6.07, 6.45) is 6.94. The Balaban J connectivity index is 1.77. The van der Waals surface area contributed by atoms with Crippen LogP contribution >= 0.6 is 0 Å². The third-order valence-electron chi connectivity index (χ3n) is 4.75. The van der Waals surface area contributed by atoms with E-state index in [1.165, 1.54) is 25.9 Å². The fourth-order valence-electron chi connectivity index (χ4n) is 3.28. The molecule has 0 aromatic carbocycles. The van der Waals surface area contributed by atoms with Crippen molar-refractivity contribution in [1.82, 2.24) is 4.90 Å². The van der Waals surface area contributed by atoms with Crippen LogP contribution in [0.4, 0.5) is 0 Å². The minimum Gasteiger partial charge on any atom is -0.313 e. The first kappa shape index (κ1) is 12.9. The first-order valence-corrected chi connectivity index (χ1v) is 7.06. The highest BCUT2D eigenvalue weighted by Crippen LogP contribution is 2.35. The van der Waals surface area contributed by atoms with Gasteiger partial charge in [-0.2, -0.15) is 5.26 Å². The van der Waals surface area contributed by atoms with E-state index in [2.05, 4.69) is 17.9 Å². The Kier molecular flexibility index (Phi) is 4.06. The van der Waals surface area contributed by atoms with Crippen molar-refractivity contribution in [3.8, 4) is 6.07 Å². The zero-order chi connectivity index (χ0) is 12.3. The van der Waals surface area contributed by atoms with Gasteiger partial charge < -0.3 is 10.6 Å². The number of nitriles is 1. The third kappa shape index (κ3) is 3.00. The Hall–Kier alpha value is -0.590. The fraction of sp³-hybridized carbons (Fsp3) is 0.929. The van der Waals surface area contributed by atoms with Crippen LogP contribution in [0.15, 0.2) is 0 Å². The molecule has 1 heterocycles. The Labute approximate surface area is 105 Å². The maximum atomic E-state index is 9.18. The summed E-state index contributed by atoms with van der Waals surface area (Å²) in [6.45, 7) is 5.95. The van der Waals surface area contributed by atoms with Gasteiger partial charge >= 0.3 is 0 Å². The lowest BCUT2D eigenvalue weighted by Crippen LogP contribution is -2.43. The molecule has 0 bridgehead atoms. The van der Waals surface area contributed by atoms with E-state index in [4.69, 9.17) is 5.73 Å². The zero-order valence-corrected chi connectivity index (χ0v) is 11.0. The first-order valence-electron chi connectivity index (χ1n) is 7.06. The lowest BCUT2D eigenvalue weighted by molar-refractivity contribution is 0.175. The van der Waals surface area contributed by atoms with Crippen LogP contribution < -0.4 is 5.73 Å². The van der Waals surface area contributed by atoms with E-state index in [1.807, 2.05) is 0 Å². The van der Waals surface area contributed by atoms with Crippen molar-refractivity contribution >= 4 is 0 Å². The molecule has 2 atom stereocenters. The third-order valence-corrected chi connectivity index (χ3v) is 4.75. The van der Waals surface area contributed by atoms with Gasteiger partial charge in [-0.25, -0.2) is 0 Å². The van der Waals surface area contributed by atoms with Crippen LogP contribution in [0, 0.1) is 23.2 Å². The summed E-state index contributed by atoms with van der Waals surface area (Å²) in [5.41, 5.74) is 5.64. The number of nitrogens with zero attached hydrogens (tertiary/aromatic N) is 2. The largest absolute Gasteiger partial charge is 0.313 e. The van der Waals surface area contributed by atoms with Crippen LogP contribution in [0.2, 0.25) is 0 Å². The van der Waals surface area contributed by atoms with Crippen molar-refractivity contribution in [2.24, 2.45) is 17.6 Å². The van der Waals surface area contributed by atoms with Gasteiger partial charge in [0.1, 0.15) is 5.54 Å². The minimum atomic E-state index is -0.525. The summed E-state index contributed by atoms with van der Waals surface area (Å²) >= 11 is 0. The second-order valence-corrected chi connectivity index (χ2v) is 6.05. The van der Waals surface area contributed by atoms with E-state index in [0.29, 0.717) is 5.92 Å². The predicted octanol–water partition coefficient (Wildman–Crippen LogP) is 2.13. The van der Waals surface area contributed by atoms with Gasteiger partial charge in [0.05, 0.1) is 6.07 Å². The smallest absolute Gasteiger partial charge is 0.107 e. The van der Waals surface area contributed by atoms with Crippen LogP contribution in [0.3, 0.4) is 0 Å². The number of hydrogen-bond acceptors (Lipinski definition) is 3. The highest BCUT2D eigenvalue weighted by Gasteiger charge is 2.39. The van der Waals surface area contributed by atoms with E-state index in [-0.39, 0.29) is 0 Å². The lowest BCUT2D eigenvalue weighted by Gasteiger charge is -2.32. The standard InChI is InChI=1S/C14H25N3/c1-12-4-8-17(9-5-12)10-6-13-3-2-7-14(13,16)11-15/h12-13H,2-10,16H2,1H3. The van der Waals surface area contributed by atoms with Crippen LogP contribution in [-0.2, 0) is 0 Å². The molecule has 3 nitrogen and oxygen atoms in total. The maximum Gasteiger partial charge on any atom is 0.107 e. The highest BCUT2D eigenvalue weighted by molar-refractivity contribution is 5.11. The van der Waals surface area contributed by atoms with Gasteiger partial charge in [0.2, 0.25) is 0 Å². The van der Waals surface area contributed by atoms with Gasteiger partial charge in [-0.15, -0.1) is 0 Å². The van der Waals surface area contributed by atoms with Gasteiger partial charge in [0.25, 0.3) is 0 Å². The van der Waals surface area contributed by atoms with E-state index < -0.39 is 5.54 Å². The molecule has 1 saturated carbocycles. The molecular formula is C14H25N3. The maximum absolute atomic E-state index is 9.18. The molecule has 1 aliphatic carbocycles. The fourth-order valence-corrected chi connectivity index (χ4v) is 3.28. The zero-order valence-electron chi connectivity index (χ0n) is 11.0. The van der Waals surface area contributed by atoms with Gasteiger partial charge in [0.15, 0.2) is 0 Å². The van der Waals surface area contributed by atoms with Crippen molar-refractivity contribution in [2.45, 2.75) is 51.0 Å². The van der Waals surface area contributed by atoms with Crippen molar-refractivity contribution in [3.05, 3.63) is 0 Å². The monoisotopic (exact) mass is 235 g/mol. The molecule has 2 fully saturated rings. The summed E-state index contributed by atoms with van der Waals surface area (Å²) in [7, 11) is 0. The average molecular weight is 235 g/mol. The number of rotatable bonds is 3. The Bertz CT molecular complexity index is 288. The average Bonchev–Trinajstić information content (AvgIpc) is 2.71. The molecule has 3 heteroatoms. The van der Waals surface area contributed by atoms with Crippen molar-refractivity contribution in [2.75, 3.05) is 19.6 Å². The van der Waals surface area contributed by atoms with Crippen molar-refractivity contribution in [3.63, 3.8) is 0 Å². The molecule has 0 aromatic rings. The molecule has 1 saturated heterocycles.